The van der Waals surface area contributed by atoms with Crippen LogP contribution < -0.4 is 14.8 Å². The fourth-order valence-corrected chi connectivity index (χ4v) is 4.44. The third-order valence-corrected chi connectivity index (χ3v) is 6.48. The molecule has 4 rings (SSSR count). The SMILES string of the molecule is CCc1ccc(CC2SC(=NN=Cc3ccc(OCc4ccccc4)c(OC)c3)NC2=O)cc1. The average Bonchev–Trinajstić information content (AvgIpc) is 3.22. The average molecular weight is 474 g/mol. The quantitative estimate of drug-likeness (QED) is 0.351. The number of nitrogens with zero attached hydrogens (tertiary/aromatic N) is 2. The largest absolute Gasteiger partial charge is 0.493 e. The molecule has 7 heteroatoms. The molecule has 0 spiro atoms. The first-order valence-corrected chi connectivity index (χ1v) is 12.0. The van der Waals surface area contributed by atoms with E-state index in [-0.39, 0.29) is 11.2 Å². The van der Waals surface area contributed by atoms with Gasteiger partial charge in [-0.1, -0.05) is 73.3 Å². The Hall–Kier alpha value is -3.58. The van der Waals surface area contributed by atoms with Crippen LogP contribution in [0.1, 0.15) is 29.2 Å². The lowest BCUT2D eigenvalue weighted by Gasteiger charge is -2.11. The Morgan fingerprint density at radius 1 is 0.971 bits per heavy atom. The Kier molecular flexibility index (Phi) is 7.99. The topological polar surface area (TPSA) is 72.3 Å². The van der Waals surface area contributed by atoms with E-state index in [1.54, 1.807) is 13.3 Å². The van der Waals surface area contributed by atoms with Crippen LogP contribution in [-0.4, -0.2) is 29.6 Å². The molecule has 1 amide bonds. The number of aryl methyl sites for hydroxylation is 1. The molecule has 1 saturated heterocycles. The molecule has 1 unspecified atom stereocenters. The Morgan fingerprint density at radius 3 is 2.47 bits per heavy atom. The number of nitrogens with one attached hydrogen (secondary N) is 1. The second-order valence-corrected chi connectivity index (χ2v) is 9.00. The van der Waals surface area contributed by atoms with Gasteiger partial charge in [0, 0.05) is 0 Å². The van der Waals surface area contributed by atoms with Crippen molar-refractivity contribution >= 4 is 29.1 Å². The number of hydrogen-bond acceptors (Lipinski definition) is 6. The summed E-state index contributed by atoms with van der Waals surface area (Å²) in [6, 6.07) is 23.9. The number of rotatable bonds is 9. The van der Waals surface area contributed by atoms with Crippen molar-refractivity contribution in [3.05, 3.63) is 95.1 Å². The molecule has 1 atom stereocenters. The van der Waals surface area contributed by atoms with Crippen molar-refractivity contribution in [3.63, 3.8) is 0 Å². The third kappa shape index (κ3) is 6.26. The van der Waals surface area contributed by atoms with Crippen LogP contribution in [0.25, 0.3) is 0 Å². The highest BCUT2D eigenvalue weighted by atomic mass is 32.2. The summed E-state index contributed by atoms with van der Waals surface area (Å²) in [4.78, 5) is 12.3. The van der Waals surface area contributed by atoms with E-state index < -0.39 is 0 Å². The van der Waals surface area contributed by atoms with Gasteiger partial charge in [0.2, 0.25) is 5.91 Å². The van der Waals surface area contributed by atoms with Gasteiger partial charge in [-0.15, -0.1) is 5.10 Å². The lowest BCUT2D eigenvalue weighted by atomic mass is 10.1. The van der Waals surface area contributed by atoms with Gasteiger partial charge >= 0.3 is 0 Å². The first-order valence-electron chi connectivity index (χ1n) is 11.2. The lowest BCUT2D eigenvalue weighted by molar-refractivity contribution is -0.118. The first kappa shape index (κ1) is 23.6. The summed E-state index contributed by atoms with van der Waals surface area (Å²) in [5, 5.41) is 11.5. The van der Waals surface area contributed by atoms with E-state index >= 15 is 0 Å². The number of amidine groups is 1. The number of amides is 1. The molecule has 0 aliphatic carbocycles. The molecule has 0 radical (unpaired) electrons. The Morgan fingerprint density at radius 2 is 1.74 bits per heavy atom. The number of hydrogen-bond donors (Lipinski definition) is 1. The van der Waals surface area contributed by atoms with E-state index in [1.165, 1.54) is 17.3 Å². The van der Waals surface area contributed by atoms with Crippen LogP contribution in [0.15, 0.2) is 83.0 Å². The number of methoxy groups -OCH3 is 1. The summed E-state index contributed by atoms with van der Waals surface area (Å²) in [7, 11) is 1.60. The summed E-state index contributed by atoms with van der Waals surface area (Å²) in [5.41, 5.74) is 4.32. The maximum Gasteiger partial charge on any atom is 0.239 e. The van der Waals surface area contributed by atoms with E-state index in [0.29, 0.717) is 29.7 Å². The molecule has 174 valence electrons. The highest BCUT2D eigenvalue weighted by molar-refractivity contribution is 8.15. The van der Waals surface area contributed by atoms with Crippen LogP contribution in [0, 0.1) is 0 Å². The fraction of sp³-hybridized carbons (Fsp3) is 0.222. The predicted octanol–water partition coefficient (Wildman–Crippen LogP) is 5.00. The van der Waals surface area contributed by atoms with E-state index in [2.05, 4.69) is 46.7 Å². The van der Waals surface area contributed by atoms with E-state index in [0.717, 1.165) is 23.1 Å². The van der Waals surface area contributed by atoms with Crippen LogP contribution in [0.5, 0.6) is 11.5 Å². The van der Waals surface area contributed by atoms with E-state index in [9.17, 15) is 4.79 Å². The van der Waals surface area contributed by atoms with Crippen LogP contribution in [0.2, 0.25) is 0 Å². The van der Waals surface area contributed by atoms with Crippen molar-refractivity contribution in [2.24, 2.45) is 10.2 Å². The third-order valence-electron chi connectivity index (χ3n) is 5.41. The minimum absolute atomic E-state index is 0.0416. The van der Waals surface area contributed by atoms with Gasteiger partial charge in [0.1, 0.15) is 6.61 Å². The van der Waals surface area contributed by atoms with Crippen LogP contribution in [0.3, 0.4) is 0 Å². The Bertz CT molecular complexity index is 1180. The fourth-order valence-electron chi connectivity index (χ4n) is 3.48. The normalized spacial score (nSPS) is 16.7. The summed E-state index contributed by atoms with van der Waals surface area (Å²) in [6.07, 6.45) is 3.29. The predicted molar refractivity (Wildman–Crippen MR) is 138 cm³/mol. The molecule has 6 nitrogen and oxygen atoms in total. The molecule has 1 heterocycles. The van der Waals surface area contributed by atoms with Gasteiger partial charge in [0.05, 0.1) is 18.6 Å². The molecule has 0 bridgehead atoms. The minimum Gasteiger partial charge on any atom is -0.493 e. The summed E-state index contributed by atoms with van der Waals surface area (Å²) < 4.78 is 11.4. The number of carbonyl (C=O) groups excluding carboxylic acids is 1. The summed E-state index contributed by atoms with van der Waals surface area (Å²) in [6.45, 7) is 2.59. The standard InChI is InChI=1S/C27H27N3O3S/c1-3-19-9-11-20(12-10-19)16-25-26(31)29-27(34-25)30-28-17-22-13-14-23(24(15-22)32-2)33-18-21-7-5-4-6-8-21/h4-15,17,25H,3,16,18H2,1-2H3,(H,29,30,31). The van der Waals surface area contributed by atoms with Crippen molar-refractivity contribution in [2.45, 2.75) is 31.6 Å². The van der Waals surface area contributed by atoms with Gasteiger partial charge in [0.15, 0.2) is 16.7 Å². The van der Waals surface area contributed by atoms with Crippen molar-refractivity contribution in [3.8, 4) is 11.5 Å². The maximum absolute atomic E-state index is 12.3. The molecule has 1 aliphatic heterocycles. The molecule has 34 heavy (non-hydrogen) atoms. The van der Waals surface area contributed by atoms with Gasteiger partial charge in [-0.2, -0.15) is 5.10 Å². The molecule has 0 aromatic heterocycles. The van der Waals surface area contributed by atoms with Crippen LogP contribution in [-0.2, 0) is 24.2 Å². The van der Waals surface area contributed by atoms with Crippen molar-refractivity contribution in [1.29, 1.82) is 0 Å². The van der Waals surface area contributed by atoms with Crippen LogP contribution >= 0.6 is 11.8 Å². The number of benzene rings is 3. The zero-order chi connectivity index (χ0) is 23.8. The highest BCUT2D eigenvalue weighted by Crippen LogP contribution is 2.28. The molecule has 0 saturated carbocycles. The van der Waals surface area contributed by atoms with Crippen LogP contribution in [0.4, 0.5) is 0 Å². The monoisotopic (exact) mass is 473 g/mol. The summed E-state index contributed by atoms with van der Waals surface area (Å²) in [5.74, 6) is 1.23. The van der Waals surface area contributed by atoms with Crippen molar-refractivity contribution in [2.75, 3.05) is 7.11 Å². The number of ether oxygens (including phenoxy) is 2. The maximum atomic E-state index is 12.3. The Balaban J connectivity index is 1.35. The van der Waals surface area contributed by atoms with Gasteiger partial charge in [0.25, 0.3) is 0 Å². The molecule has 3 aromatic rings. The smallest absolute Gasteiger partial charge is 0.239 e. The number of carbonyl (C=O) groups is 1. The molecule has 3 aromatic carbocycles. The second-order valence-electron chi connectivity index (χ2n) is 7.80. The minimum atomic E-state index is -0.206. The zero-order valence-electron chi connectivity index (χ0n) is 19.2. The highest BCUT2D eigenvalue weighted by Gasteiger charge is 2.30. The zero-order valence-corrected chi connectivity index (χ0v) is 20.0. The van der Waals surface area contributed by atoms with Crippen molar-refractivity contribution < 1.29 is 14.3 Å². The second kappa shape index (κ2) is 11.5. The lowest BCUT2D eigenvalue weighted by Crippen LogP contribution is -2.25. The number of thioether (sulfide) groups is 1. The van der Waals surface area contributed by atoms with Gasteiger partial charge in [-0.25, -0.2) is 0 Å². The molecule has 1 fully saturated rings. The summed E-state index contributed by atoms with van der Waals surface area (Å²) >= 11 is 1.40. The first-order chi connectivity index (χ1) is 16.6. The molecular weight excluding hydrogens is 446 g/mol. The molecule has 1 N–H and O–H groups in total. The van der Waals surface area contributed by atoms with Crippen molar-refractivity contribution in [1.82, 2.24) is 5.32 Å². The Labute approximate surface area is 204 Å². The van der Waals surface area contributed by atoms with Gasteiger partial charge in [-0.05, 0) is 53.3 Å². The van der Waals surface area contributed by atoms with E-state index in [1.807, 2.05) is 48.5 Å². The van der Waals surface area contributed by atoms with E-state index in [4.69, 9.17) is 9.47 Å². The van der Waals surface area contributed by atoms with Gasteiger partial charge < -0.3 is 14.8 Å². The molecular formula is C27H27N3O3S. The molecule has 1 aliphatic rings. The van der Waals surface area contributed by atoms with Gasteiger partial charge in [-0.3, -0.25) is 4.79 Å².